The van der Waals surface area contributed by atoms with Crippen LogP contribution in [-0.2, 0) is 9.47 Å². The van der Waals surface area contributed by atoms with Gasteiger partial charge in [-0.2, -0.15) is 4.90 Å². The number of imide groups is 1. The van der Waals surface area contributed by atoms with Gasteiger partial charge in [0.1, 0.15) is 16.2 Å². The highest BCUT2D eigenvalue weighted by Crippen LogP contribution is 2.37. The van der Waals surface area contributed by atoms with Gasteiger partial charge < -0.3 is 19.9 Å². The van der Waals surface area contributed by atoms with E-state index in [1.165, 1.54) is 24.4 Å². The lowest BCUT2D eigenvalue weighted by molar-refractivity contribution is 0.0429. The number of nitrogens with two attached hydrogens (primary N) is 1. The van der Waals surface area contributed by atoms with Crippen LogP contribution in [-0.4, -0.2) is 28.4 Å². The number of carbonyl (C=O) groups excluding carboxylic acids is 2. The number of amides is 2. The lowest BCUT2D eigenvalue weighted by Crippen LogP contribution is -2.44. The fraction of sp³-hybridized carbons (Fsp3) is 0.381. The summed E-state index contributed by atoms with van der Waals surface area (Å²) in [6, 6.07) is 5.20. The summed E-state index contributed by atoms with van der Waals surface area (Å²) in [4.78, 5) is 30.2. The maximum Gasteiger partial charge on any atom is 0.425 e. The van der Waals surface area contributed by atoms with Gasteiger partial charge in [-0.05, 0) is 53.7 Å². The van der Waals surface area contributed by atoms with E-state index >= 15 is 0 Å². The van der Waals surface area contributed by atoms with Gasteiger partial charge in [0.05, 0.1) is 0 Å². The lowest BCUT2D eigenvalue weighted by Gasteiger charge is -2.28. The van der Waals surface area contributed by atoms with E-state index in [1.54, 1.807) is 41.5 Å². The predicted molar refractivity (Wildman–Crippen MR) is 115 cm³/mol. The first-order chi connectivity index (χ1) is 14.2. The molecule has 0 aliphatic rings. The molecule has 31 heavy (non-hydrogen) atoms. The van der Waals surface area contributed by atoms with Crippen LogP contribution in [0, 0.1) is 5.82 Å². The SMILES string of the molecule is CC(C)(C)OC(=O)N(C(=O)OC(C)(C)C)c1nccc(Oc2ccc(N)cc2F)c1Cl. The van der Waals surface area contributed by atoms with Crippen LogP contribution in [0.2, 0.25) is 5.02 Å². The van der Waals surface area contributed by atoms with Crippen molar-refractivity contribution in [2.24, 2.45) is 0 Å². The van der Waals surface area contributed by atoms with Gasteiger partial charge in [0.2, 0.25) is 0 Å². The number of hydrogen-bond donors (Lipinski definition) is 1. The number of benzene rings is 1. The Balaban J connectivity index is 2.49. The first-order valence-corrected chi connectivity index (χ1v) is 9.69. The highest BCUT2D eigenvalue weighted by Gasteiger charge is 2.35. The van der Waals surface area contributed by atoms with E-state index in [0.29, 0.717) is 4.90 Å². The summed E-state index contributed by atoms with van der Waals surface area (Å²) in [7, 11) is 0. The molecular formula is C21H25ClFN3O5. The first-order valence-electron chi connectivity index (χ1n) is 9.31. The van der Waals surface area contributed by atoms with Gasteiger partial charge in [0.25, 0.3) is 0 Å². The van der Waals surface area contributed by atoms with Crippen molar-refractivity contribution in [3.05, 3.63) is 41.3 Å². The molecule has 0 aliphatic heterocycles. The van der Waals surface area contributed by atoms with Crippen molar-refractivity contribution in [1.29, 1.82) is 0 Å². The second-order valence-electron chi connectivity index (χ2n) is 8.53. The summed E-state index contributed by atoms with van der Waals surface area (Å²) in [6.07, 6.45) is -0.855. The fourth-order valence-corrected chi connectivity index (χ4v) is 2.47. The second kappa shape index (κ2) is 8.97. The summed E-state index contributed by atoms with van der Waals surface area (Å²) >= 11 is 6.38. The number of anilines is 2. The van der Waals surface area contributed by atoms with E-state index in [2.05, 4.69) is 4.98 Å². The summed E-state index contributed by atoms with van der Waals surface area (Å²) in [6.45, 7) is 9.81. The van der Waals surface area contributed by atoms with Crippen LogP contribution in [0.1, 0.15) is 41.5 Å². The molecule has 2 rings (SSSR count). The Kier molecular flexibility index (Phi) is 7.00. The minimum absolute atomic E-state index is 0.0487. The minimum atomic E-state index is -1.05. The van der Waals surface area contributed by atoms with Crippen LogP contribution in [0.3, 0.4) is 0 Å². The molecule has 2 amide bonds. The fourth-order valence-electron chi connectivity index (χ4n) is 2.23. The standard InChI is InChI=1S/C21H25ClFN3O5/c1-20(2,3)30-18(27)26(19(28)31-21(4,5)6)17-16(22)15(9-10-25-17)29-14-8-7-12(24)11-13(14)23/h7-11H,24H2,1-6H3. The molecule has 0 saturated heterocycles. The number of aromatic nitrogens is 1. The number of nitrogens with zero attached hydrogens (tertiary/aromatic N) is 2. The van der Waals surface area contributed by atoms with Gasteiger partial charge in [-0.1, -0.05) is 11.6 Å². The Morgan fingerprint density at radius 2 is 1.55 bits per heavy atom. The van der Waals surface area contributed by atoms with E-state index in [0.717, 1.165) is 6.07 Å². The Morgan fingerprint density at radius 3 is 2.03 bits per heavy atom. The molecule has 0 aliphatic carbocycles. The van der Waals surface area contributed by atoms with Crippen molar-refractivity contribution in [1.82, 2.24) is 4.98 Å². The van der Waals surface area contributed by atoms with Crippen molar-refractivity contribution in [2.75, 3.05) is 10.6 Å². The third kappa shape index (κ3) is 6.71. The average molecular weight is 454 g/mol. The van der Waals surface area contributed by atoms with Crippen molar-refractivity contribution < 1.29 is 28.2 Å². The number of pyridine rings is 1. The molecule has 0 unspecified atom stereocenters. The highest BCUT2D eigenvalue weighted by molar-refractivity contribution is 6.35. The number of carbonyl (C=O) groups is 2. The maximum atomic E-state index is 14.1. The monoisotopic (exact) mass is 453 g/mol. The van der Waals surface area contributed by atoms with Gasteiger partial charge in [0, 0.05) is 24.0 Å². The van der Waals surface area contributed by atoms with Crippen molar-refractivity contribution in [2.45, 2.75) is 52.7 Å². The van der Waals surface area contributed by atoms with Gasteiger partial charge in [-0.3, -0.25) is 0 Å². The van der Waals surface area contributed by atoms with Crippen molar-refractivity contribution >= 4 is 35.3 Å². The summed E-state index contributed by atoms with van der Waals surface area (Å²) < 4.78 is 30.3. The molecule has 0 bridgehead atoms. The molecule has 8 nitrogen and oxygen atoms in total. The molecule has 1 aromatic heterocycles. The molecule has 168 valence electrons. The Morgan fingerprint density at radius 1 is 1.00 bits per heavy atom. The molecule has 2 N–H and O–H groups in total. The molecule has 10 heteroatoms. The van der Waals surface area contributed by atoms with Crippen LogP contribution >= 0.6 is 11.6 Å². The third-order valence-corrected chi connectivity index (χ3v) is 3.73. The zero-order valence-electron chi connectivity index (χ0n) is 18.2. The second-order valence-corrected chi connectivity index (χ2v) is 8.91. The van der Waals surface area contributed by atoms with Crippen LogP contribution < -0.4 is 15.4 Å². The van der Waals surface area contributed by atoms with E-state index in [4.69, 9.17) is 31.5 Å². The first kappa shape index (κ1) is 24.2. The molecule has 2 aromatic rings. The third-order valence-electron chi connectivity index (χ3n) is 3.38. The molecule has 0 spiro atoms. The number of hydrogen-bond acceptors (Lipinski definition) is 7. The Hall–Kier alpha value is -3.07. The lowest BCUT2D eigenvalue weighted by atomic mass is 10.2. The Bertz CT molecular complexity index is 958. The van der Waals surface area contributed by atoms with Crippen LogP contribution in [0.5, 0.6) is 11.5 Å². The van der Waals surface area contributed by atoms with Crippen LogP contribution in [0.4, 0.5) is 25.5 Å². The summed E-state index contributed by atoms with van der Waals surface area (Å²) in [5, 5.41) is -0.226. The quantitative estimate of drug-likeness (QED) is 0.574. The molecule has 0 radical (unpaired) electrons. The largest absolute Gasteiger partial charge is 0.453 e. The van der Waals surface area contributed by atoms with E-state index in [9.17, 15) is 14.0 Å². The molecule has 0 atom stereocenters. The number of halogens is 2. The van der Waals surface area contributed by atoms with Crippen LogP contribution in [0.15, 0.2) is 30.5 Å². The van der Waals surface area contributed by atoms with Gasteiger partial charge in [-0.25, -0.2) is 19.0 Å². The zero-order valence-corrected chi connectivity index (χ0v) is 18.9. The molecule has 1 aromatic carbocycles. The van der Waals surface area contributed by atoms with Crippen molar-refractivity contribution in [3.8, 4) is 11.5 Å². The van der Waals surface area contributed by atoms with Gasteiger partial charge >= 0.3 is 12.2 Å². The minimum Gasteiger partial charge on any atom is -0.453 e. The predicted octanol–water partition coefficient (Wildman–Crippen LogP) is 5.93. The maximum absolute atomic E-state index is 14.1. The molecule has 0 fully saturated rings. The zero-order chi connectivity index (χ0) is 23.6. The van der Waals surface area contributed by atoms with Crippen molar-refractivity contribution in [3.63, 3.8) is 0 Å². The number of rotatable bonds is 3. The average Bonchev–Trinajstić information content (AvgIpc) is 2.57. The normalized spacial score (nSPS) is 11.6. The smallest absolute Gasteiger partial charge is 0.425 e. The van der Waals surface area contributed by atoms with E-state index < -0.39 is 29.2 Å². The highest BCUT2D eigenvalue weighted by atomic mass is 35.5. The summed E-state index contributed by atoms with van der Waals surface area (Å²) in [5.74, 6) is -1.22. The van der Waals surface area contributed by atoms with Gasteiger partial charge in [0.15, 0.2) is 23.1 Å². The topological polar surface area (TPSA) is 104 Å². The molecule has 0 saturated carbocycles. The van der Waals surface area contributed by atoms with E-state index in [1.807, 2.05) is 0 Å². The number of ether oxygens (including phenoxy) is 3. The number of nitrogen functional groups attached to an aromatic ring is 1. The summed E-state index contributed by atoms with van der Waals surface area (Å²) in [5.41, 5.74) is 3.93. The van der Waals surface area contributed by atoms with Gasteiger partial charge in [-0.15, -0.1) is 0 Å². The molecular weight excluding hydrogens is 429 g/mol. The Labute approximate surface area is 185 Å². The van der Waals surface area contributed by atoms with Crippen LogP contribution in [0.25, 0.3) is 0 Å². The van der Waals surface area contributed by atoms with E-state index in [-0.39, 0.29) is 28.0 Å². The molecule has 1 heterocycles.